The van der Waals surface area contributed by atoms with Crippen LogP contribution < -0.4 is 30.0 Å². The zero-order valence-electron chi connectivity index (χ0n) is 34.7. The van der Waals surface area contributed by atoms with E-state index in [1.54, 1.807) is 14.2 Å². The van der Waals surface area contributed by atoms with Crippen molar-refractivity contribution in [3.63, 3.8) is 0 Å². The molecule has 7 aliphatic heterocycles. The summed E-state index contributed by atoms with van der Waals surface area (Å²) in [5.74, 6) is 1.14. The first kappa shape index (κ1) is 39.5. The van der Waals surface area contributed by atoms with Gasteiger partial charge >= 0.3 is 11.9 Å². The van der Waals surface area contributed by atoms with Crippen LogP contribution in [0, 0.1) is 18.3 Å². The number of esters is 2. The number of carbonyl (C=O) groups excluding carboxylic acids is 2. The van der Waals surface area contributed by atoms with Gasteiger partial charge in [-0.05, 0) is 81.1 Å². The maximum absolute atomic E-state index is 15.2. The molecule has 1 aromatic heterocycles. The molecule has 16 heteroatoms. The number of nitrogens with two attached hydrogens (primary N) is 1. The molecule has 0 saturated carbocycles. The average molecular weight is 839 g/mol. The van der Waals surface area contributed by atoms with Gasteiger partial charge in [-0.2, -0.15) is 5.26 Å². The number of rotatable bonds is 4. The second-order valence-corrected chi connectivity index (χ2v) is 18.5. The van der Waals surface area contributed by atoms with E-state index in [9.17, 15) is 15.2 Å². The number of benzene rings is 2. The molecular weight excluding hydrogens is 789 g/mol. The topological polar surface area (TPSA) is 194 Å². The molecule has 8 heterocycles. The summed E-state index contributed by atoms with van der Waals surface area (Å²) in [5, 5.41) is 28.1. The number of methoxy groups -OCH3 is 2. The molecule has 0 amide bonds. The second-order valence-electron chi connectivity index (χ2n) is 17.3. The number of thioether (sulfide) groups is 1. The highest BCUT2D eigenvalue weighted by Gasteiger charge is 2.64. The lowest BCUT2D eigenvalue weighted by Gasteiger charge is -2.64. The van der Waals surface area contributed by atoms with E-state index in [1.807, 2.05) is 46.0 Å². The lowest BCUT2D eigenvalue weighted by atomic mass is 9.65. The number of likely N-dealkylation sites (N-methyl/N-ethyl adjacent to an activating group) is 1. The number of ether oxygens (including phenoxy) is 6. The van der Waals surface area contributed by atoms with Gasteiger partial charge in [-0.25, -0.2) is 4.79 Å². The summed E-state index contributed by atoms with van der Waals surface area (Å²) >= 11 is 1.52. The van der Waals surface area contributed by atoms with Crippen molar-refractivity contribution in [1.29, 1.82) is 5.26 Å². The van der Waals surface area contributed by atoms with E-state index in [1.165, 1.54) is 18.7 Å². The molecule has 1 spiro atoms. The standard InChI is InChI=1S/C44H50N6O9S/c1-19-10-22-11-28-29(15-46)50-30-16-56-42(52)44(40-26(12-23(14-45)48-44)25-13-24(54-6)8-9-27(25)47-40)17-60-39(35(50)34(49(28)5)33(22)43(4,53)41(19)55-7)32-31(30)38-37(57-18-58-38)20(2)36(32)59-21(3)51/h8-10,13,23,28-30,34-35,39,41,47-48,53H,11-12,14,16-18,45H2,1-7H3/t23-,28-,29-,30-,34+,35+,39+,41?,43?,44+/m0/s1. The summed E-state index contributed by atoms with van der Waals surface area (Å²) in [6, 6.07) is 5.53. The minimum Gasteiger partial charge on any atom is -0.497 e. The van der Waals surface area contributed by atoms with Crippen molar-refractivity contribution in [1.82, 2.24) is 20.1 Å². The second kappa shape index (κ2) is 14.0. The molecule has 2 fully saturated rings. The zero-order valence-corrected chi connectivity index (χ0v) is 35.5. The Bertz CT molecular complexity index is 2470. The van der Waals surface area contributed by atoms with E-state index < -0.39 is 58.6 Å². The van der Waals surface area contributed by atoms with Crippen LogP contribution in [0.1, 0.15) is 66.4 Å². The zero-order chi connectivity index (χ0) is 42.2. The first-order chi connectivity index (χ1) is 28.8. The van der Waals surface area contributed by atoms with Gasteiger partial charge in [0.2, 0.25) is 6.79 Å². The van der Waals surface area contributed by atoms with Crippen molar-refractivity contribution in [3.8, 4) is 29.1 Å². The number of aromatic nitrogens is 1. The van der Waals surface area contributed by atoms with Crippen molar-refractivity contribution < 1.29 is 43.1 Å². The Hall–Kier alpha value is -4.60. The van der Waals surface area contributed by atoms with Crippen LogP contribution in [0.3, 0.4) is 0 Å². The number of nitrogens with one attached hydrogen (secondary N) is 2. The summed E-state index contributed by atoms with van der Waals surface area (Å²) in [6.07, 6.45) is 2.58. The third-order valence-electron chi connectivity index (χ3n) is 14.2. The van der Waals surface area contributed by atoms with Crippen LogP contribution in [0.2, 0.25) is 0 Å². The first-order valence-electron chi connectivity index (χ1n) is 20.4. The quantitative estimate of drug-likeness (QED) is 0.220. The third kappa shape index (κ3) is 5.30. The van der Waals surface area contributed by atoms with Gasteiger partial charge in [0, 0.05) is 72.0 Å². The largest absolute Gasteiger partial charge is 0.497 e. The summed E-state index contributed by atoms with van der Waals surface area (Å²) in [6.45, 7) is 7.05. The maximum Gasteiger partial charge on any atom is 0.333 e. The number of nitrogens with zero attached hydrogens (tertiary/aromatic N) is 3. The number of nitriles is 1. The number of piperazine rings is 1. The summed E-state index contributed by atoms with van der Waals surface area (Å²) in [7, 11) is 5.27. The Morgan fingerprint density at radius 3 is 2.67 bits per heavy atom. The summed E-state index contributed by atoms with van der Waals surface area (Å²) in [4.78, 5) is 36.3. The minimum atomic E-state index is -1.42. The van der Waals surface area contributed by atoms with Crippen molar-refractivity contribution in [3.05, 3.63) is 68.9 Å². The van der Waals surface area contributed by atoms with Crippen LogP contribution in [-0.2, 0) is 31.0 Å². The van der Waals surface area contributed by atoms with Crippen LogP contribution >= 0.6 is 11.8 Å². The molecule has 11 rings (SSSR count). The highest BCUT2D eigenvalue weighted by atomic mass is 32.2. The van der Waals surface area contributed by atoms with E-state index in [2.05, 4.69) is 32.2 Å². The van der Waals surface area contributed by atoms with Gasteiger partial charge in [0.25, 0.3) is 0 Å². The molecule has 15 nitrogen and oxygen atoms in total. The van der Waals surface area contributed by atoms with Crippen molar-refractivity contribution in [2.45, 2.75) is 99.3 Å². The van der Waals surface area contributed by atoms with Gasteiger partial charge in [-0.1, -0.05) is 6.08 Å². The lowest BCUT2D eigenvalue weighted by molar-refractivity contribution is -0.157. The molecule has 2 saturated heterocycles. The lowest BCUT2D eigenvalue weighted by Crippen LogP contribution is -2.74. The molecule has 0 radical (unpaired) electrons. The molecule has 4 bridgehead atoms. The van der Waals surface area contributed by atoms with Crippen molar-refractivity contribution >= 4 is 34.6 Å². The van der Waals surface area contributed by atoms with Gasteiger partial charge < -0.3 is 44.2 Å². The Morgan fingerprint density at radius 1 is 1.17 bits per heavy atom. The number of hydrogen-bond donors (Lipinski definition) is 4. The maximum atomic E-state index is 15.2. The predicted molar refractivity (Wildman–Crippen MR) is 221 cm³/mol. The fraction of sp³-hybridized carbons (Fsp3) is 0.523. The molecule has 60 heavy (non-hydrogen) atoms. The fourth-order valence-corrected chi connectivity index (χ4v) is 13.5. The van der Waals surface area contributed by atoms with Gasteiger partial charge in [0.05, 0.1) is 36.2 Å². The molecule has 5 N–H and O–H groups in total. The smallest absolute Gasteiger partial charge is 0.333 e. The van der Waals surface area contributed by atoms with Crippen molar-refractivity contribution in [2.75, 3.05) is 47.0 Å². The predicted octanol–water partition coefficient (Wildman–Crippen LogP) is 3.56. The Morgan fingerprint density at radius 2 is 1.95 bits per heavy atom. The van der Waals surface area contributed by atoms with E-state index in [0.717, 1.165) is 33.2 Å². The number of carbonyl (C=O) groups is 2. The van der Waals surface area contributed by atoms with Crippen LogP contribution in [0.4, 0.5) is 0 Å². The third-order valence-corrected chi connectivity index (χ3v) is 15.6. The normalized spacial score (nSPS) is 34.3. The van der Waals surface area contributed by atoms with Gasteiger partial charge in [-0.3, -0.25) is 19.9 Å². The van der Waals surface area contributed by atoms with Crippen LogP contribution in [-0.4, -0.2) is 121 Å². The summed E-state index contributed by atoms with van der Waals surface area (Å²) in [5.41, 5.74) is 10.8. The highest BCUT2D eigenvalue weighted by Crippen LogP contribution is 2.63. The number of aliphatic hydroxyl groups is 1. The molecule has 8 aliphatic rings. The first-order valence-corrected chi connectivity index (χ1v) is 21.5. The van der Waals surface area contributed by atoms with Crippen LogP contribution in [0.25, 0.3) is 10.9 Å². The van der Waals surface area contributed by atoms with Gasteiger partial charge in [-0.15, -0.1) is 11.8 Å². The molecule has 2 unspecified atom stereocenters. The number of H-pyrrole nitrogens is 1. The SMILES string of the molecule is COc1ccc2[nH]c3c(c2c1)C[C@@H](CN)N[C@]31CS[C@@H]2c3c(OC(C)=O)c(C)c4c(c3[C@H](COC1=O)N1[C@@H]2[C@H]2C3=C(C=C(C)C(OC)C3(C)O)C[C@@H]([C@@H]1C#N)N2C)OCO4. The van der Waals surface area contributed by atoms with Gasteiger partial charge in [0.1, 0.15) is 35.9 Å². The number of fused-ring (bicyclic) bond motifs is 10. The van der Waals surface area contributed by atoms with Crippen LogP contribution in [0.5, 0.6) is 23.0 Å². The number of hydrogen-bond acceptors (Lipinski definition) is 15. The van der Waals surface area contributed by atoms with E-state index >= 15 is 4.79 Å². The average Bonchev–Trinajstić information content (AvgIpc) is 3.86. The highest BCUT2D eigenvalue weighted by molar-refractivity contribution is 7.99. The Balaban J connectivity index is 1.25. The number of aromatic amines is 1. The van der Waals surface area contributed by atoms with Crippen molar-refractivity contribution in [2.24, 2.45) is 5.73 Å². The van der Waals surface area contributed by atoms with E-state index in [0.29, 0.717) is 58.2 Å². The minimum absolute atomic E-state index is 0.0553. The molecule has 10 atom stereocenters. The Labute approximate surface area is 352 Å². The molecule has 2 aromatic carbocycles. The van der Waals surface area contributed by atoms with Gasteiger partial charge in [0.15, 0.2) is 17.0 Å². The Kier molecular flexibility index (Phi) is 9.20. The van der Waals surface area contributed by atoms with Crippen LogP contribution in [0.15, 0.2) is 41.0 Å². The molecule has 316 valence electrons. The molecule has 1 aliphatic carbocycles. The molecule has 3 aromatic rings. The monoisotopic (exact) mass is 838 g/mol. The number of allylic oxidation sites excluding steroid dienone is 1. The van der Waals surface area contributed by atoms with E-state index in [-0.39, 0.29) is 37.8 Å². The van der Waals surface area contributed by atoms with E-state index in [4.69, 9.17) is 34.2 Å². The molecular formula is C44H50N6O9S. The summed E-state index contributed by atoms with van der Waals surface area (Å²) < 4.78 is 36.9. The fourth-order valence-electron chi connectivity index (χ4n) is 11.8.